The summed E-state index contributed by atoms with van der Waals surface area (Å²) in [7, 11) is -0.753. The molecule has 8 nitrogen and oxygen atoms in total. The van der Waals surface area contributed by atoms with Gasteiger partial charge in [-0.15, -0.1) is 11.3 Å². The number of aliphatic hydroxyl groups is 1. The maximum absolute atomic E-state index is 12.7. The molecule has 0 radical (unpaired) electrons. The highest BCUT2D eigenvalue weighted by molar-refractivity contribution is 7.91. The van der Waals surface area contributed by atoms with E-state index in [9.17, 15) is 13.5 Å². The van der Waals surface area contributed by atoms with Crippen molar-refractivity contribution in [2.75, 3.05) is 27.3 Å². The predicted octanol–water partition coefficient (Wildman–Crippen LogP) is 1.88. The number of rotatable bonds is 5. The van der Waals surface area contributed by atoms with Gasteiger partial charge < -0.3 is 14.6 Å². The van der Waals surface area contributed by atoms with Crippen LogP contribution in [0.2, 0.25) is 4.34 Å². The average molecular weight is 420 g/mol. The van der Waals surface area contributed by atoms with E-state index in [1.165, 1.54) is 30.8 Å². The van der Waals surface area contributed by atoms with Crippen LogP contribution in [-0.4, -0.2) is 55.1 Å². The summed E-state index contributed by atoms with van der Waals surface area (Å²) in [6.45, 7) is 0.313. The lowest BCUT2D eigenvalue weighted by atomic mass is 9.86. The van der Waals surface area contributed by atoms with Crippen LogP contribution < -0.4 is 9.47 Å². The summed E-state index contributed by atoms with van der Waals surface area (Å²) in [5, 5.41) is 11.0. The summed E-state index contributed by atoms with van der Waals surface area (Å²) in [6.07, 6.45) is 1.84. The molecule has 0 aromatic carbocycles. The van der Waals surface area contributed by atoms with Gasteiger partial charge in [0.2, 0.25) is 5.88 Å². The van der Waals surface area contributed by atoms with Crippen LogP contribution >= 0.6 is 22.9 Å². The van der Waals surface area contributed by atoms with Crippen molar-refractivity contribution in [3.63, 3.8) is 0 Å². The standard InChI is InChI=1S/C15H18ClN3O5S2/c1-23-13-10(9-17-14(18-13)24-2)15(20)5-7-19(8-6-15)26(21,22)12-4-3-11(16)25-12/h3-4,9,20H,5-8H2,1-2H3. The number of hydrogen-bond donors (Lipinski definition) is 1. The first-order valence-corrected chi connectivity index (χ1v) is 10.4. The molecule has 1 aliphatic heterocycles. The van der Waals surface area contributed by atoms with Gasteiger partial charge in [0, 0.05) is 19.3 Å². The van der Waals surface area contributed by atoms with E-state index < -0.39 is 15.6 Å². The third-order valence-corrected chi connectivity index (χ3v) is 7.90. The van der Waals surface area contributed by atoms with Gasteiger partial charge in [-0.2, -0.15) is 9.29 Å². The average Bonchev–Trinajstić information content (AvgIpc) is 3.08. The molecule has 0 aliphatic carbocycles. The molecule has 0 saturated carbocycles. The van der Waals surface area contributed by atoms with Crippen molar-refractivity contribution in [3.8, 4) is 11.9 Å². The molecule has 1 N–H and O–H groups in total. The maximum atomic E-state index is 12.7. The summed E-state index contributed by atoms with van der Waals surface area (Å²) in [5.74, 6) is 0.209. The number of ether oxygens (including phenoxy) is 2. The third kappa shape index (κ3) is 3.52. The topological polar surface area (TPSA) is 102 Å². The van der Waals surface area contributed by atoms with Crippen LogP contribution in [0.3, 0.4) is 0 Å². The molecule has 1 fully saturated rings. The molecule has 3 rings (SSSR count). The Morgan fingerprint density at radius 3 is 2.50 bits per heavy atom. The second kappa shape index (κ2) is 7.28. The number of thiophene rings is 1. The number of piperidine rings is 1. The molecule has 2 aromatic heterocycles. The first-order chi connectivity index (χ1) is 12.3. The lowest BCUT2D eigenvalue weighted by Crippen LogP contribution is -2.45. The number of hydrogen-bond acceptors (Lipinski definition) is 8. The zero-order valence-corrected chi connectivity index (χ0v) is 16.6. The summed E-state index contributed by atoms with van der Waals surface area (Å²) < 4.78 is 37.5. The van der Waals surface area contributed by atoms with Crippen LogP contribution in [0, 0.1) is 0 Å². The van der Waals surface area contributed by atoms with E-state index >= 15 is 0 Å². The number of nitrogens with zero attached hydrogens (tertiary/aromatic N) is 3. The van der Waals surface area contributed by atoms with Gasteiger partial charge in [-0.05, 0) is 25.0 Å². The largest absolute Gasteiger partial charge is 0.481 e. The molecule has 0 unspecified atom stereocenters. The van der Waals surface area contributed by atoms with Crippen LogP contribution in [-0.2, 0) is 15.6 Å². The molecule has 0 amide bonds. The fourth-order valence-corrected chi connectivity index (χ4v) is 5.93. The molecule has 142 valence electrons. The first kappa shape index (κ1) is 19.3. The fourth-order valence-electron chi connectivity index (χ4n) is 2.85. The van der Waals surface area contributed by atoms with Gasteiger partial charge in [0.1, 0.15) is 4.21 Å². The number of halogens is 1. The van der Waals surface area contributed by atoms with Crippen LogP contribution in [0.5, 0.6) is 11.9 Å². The van der Waals surface area contributed by atoms with Gasteiger partial charge in [0.15, 0.2) is 0 Å². The molecular weight excluding hydrogens is 402 g/mol. The molecule has 0 atom stereocenters. The molecule has 11 heteroatoms. The molecule has 26 heavy (non-hydrogen) atoms. The van der Waals surface area contributed by atoms with E-state index in [0.29, 0.717) is 9.90 Å². The Morgan fingerprint density at radius 2 is 1.96 bits per heavy atom. The highest BCUT2D eigenvalue weighted by Crippen LogP contribution is 2.39. The van der Waals surface area contributed by atoms with Crippen LogP contribution in [0.25, 0.3) is 0 Å². The molecule has 0 spiro atoms. The van der Waals surface area contributed by atoms with Gasteiger partial charge in [-0.25, -0.2) is 13.4 Å². The predicted molar refractivity (Wildman–Crippen MR) is 96.4 cm³/mol. The van der Waals surface area contributed by atoms with Gasteiger partial charge in [0.05, 0.1) is 29.7 Å². The van der Waals surface area contributed by atoms with Gasteiger partial charge in [-0.1, -0.05) is 11.6 Å². The van der Waals surface area contributed by atoms with Crippen LogP contribution in [0.15, 0.2) is 22.5 Å². The molecule has 1 aliphatic rings. The van der Waals surface area contributed by atoms with Crippen molar-refractivity contribution >= 4 is 33.0 Å². The lowest BCUT2D eigenvalue weighted by Gasteiger charge is -2.37. The van der Waals surface area contributed by atoms with Crippen molar-refractivity contribution < 1.29 is 23.0 Å². The second-order valence-corrected chi connectivity index (χ2v) is 9.65. The Morgan fingerprint density at radius 1 is 1.27 bits per heavy atom. The first-order valence-electron chi connectivity index (χ1n) is 7.73. The van der Waals surface area contributed by atoms with E-state index in [2.05, 4.69) is 9.97 Å². The highest BCUT2D eigenvalue weighted by Gasteiger charge is 2.41. The normalized spacial score (nSPS) is 17.8. The summed E-state index contributed by atoms with van der Waals surface area (Å²) in [6, 6.07) is 3.17. The third-order valence-electron chi connectivity index (χ3n) is 4.30. The van der Waals surface area contributed by atoms with Gasteiger partial charge in [-0.3, -0.25) is 0 Å². The van der Waals surface area contributed by atoms with Gasteiger partial charge in [0.25, 0.3) is 10.0 Å². The van der Waals surface area contributed by atoms with Crippen molar-refractivity contribution in [1.29, 1.82) is 0 Å². The van der Waals surface area contributed by atoms with Gasteiger partial charge >= 0.3 is 6.01 Å². The number of sulfonamides is 1. The SMILES string of the molecule is COc1ncc(C2(O)CCN(S(=O)(=O)c3ccc(Cl)s3)CC2)c(OC)n1. The molecular formula is C15H18ClN3O5S2. The van der Waals surface area contributed by atoms with Crippen molar-refractivity contribution in [3.05, 3.63) is 28.2 Å². The monoisotopic (exact) mass is 419 g/mol. The highest BCUT2D eigenvalue weighted by atomic mass is 35.5. The Hall–Kier alpha value is -1.46. The fraction of sp³-hybridized carbons (Fsp3) is 0.467. The van der Waals surface area contributed by atoms with E-state index in [-0.39, 0.29) is 42.0 Å². The molecule has 1 saturated heterocycles. The summed E-state index contributed by atoms with van der Waals surface area (Å²) >= 11 is 6.86. The molecule has 3 heterocycles. The molecule has 2 aromatic rings. The van der Waals surface area contributed by atoms with Crippen LogP contribution in [0.4, 0.5) is 0 Å². The maximum Gasteiger partial charge on any atom is 0.319 e. The smallest absolute Gasteiger partial charge is 0.319 e. The Kier molecular flexibility index (Phi) is 5.40. The van der Waals surface area contributed by atoms with Crippen molar-refractivity contribution in [2.24, 2.45) is 0 Å². The Labute approximate surface area is 160 Å². The minimum absolute atomic E-state index is 0.129. The van der Waals surface area contributed by atoms with E-state index in [0.717, 1.165) is 11.3 Å². The zero-order chi connectivity index (χ0) is 18.9. The van der Waals surface area contributed by atoms with E-state index in [1.807, 2.05) is 0 Å². The minimum Gasteiger partial charge on any atom is -0.481 e. The van der Waals surface area contributed by atoms with E-state index in [4.69, 9.17) is 21.1 Å². The number of aromatic nitrogens is 2. The zero-order valence-electron chi connectivity index (χ0n) is 14.2. The molecule has 0 bridgehead atoms. The Balaban J connectivity index is 1.81. The van der Waals surface area contributed by atoms with Crippen LogP contribution in [0.1, 0.15) is 18.4 Å². The minimum atomic E-state index is -3.63. The quantitative estimate of drug-likeness (QED) is 0.789. The van der Waals surface area contributed by atoms with Crippen molar-refractivity contribution in [1.82, 2.24) is 14.3 Å². The van der Waals surface area contributed by atoms with E-state index in [1.54, 1.807) is 6.07 Å². The number of methoxy groups -OCH3 is 2. The lowest BCUT2D eigenvalue weighted by molar-refractivity contribution is -0.0123. The Bertz CT molecular complexity index is 894. The second-order valence-electron chi connectivity index (χ2n) is 5.77. The van der Waals surface area contributed by atoms with Crippen molar-refractivity contribution in [2.45, 2.75) is 22.7 Å². The summed E-state index contributed by atoms with van der Waals surface area (Å²) in [5.41, 5.74) is -0.867. The summed E-state index contributed by atoms with van der Waals surface area (Å²) in [4.78, 5) is 8.11.